The lowest BCUT2D eigenvalue weighted by molar-refractivity contribution is -0.119. The number of nitrogens with zero attached hydrogens (tertiary/aromatic N) is 2. The lowest BCUT2D eigenvalue weighted by atomic mass is 10.1. The van der Waals surface area contributed by atoms with Crippen LogP contribution in [0.1, 0.15) is 17.3 Å². The number of anilines is 1. The first-order valence-electron chi connectivity index (χ1n) is 12.1. The molecule has 2 aromatic heterocycles. The van der Waals surface area contributed by atoms with Crippen molar-refractivity contribution in [3.8, 4) is 11.4 Å². The summed E-state index contributed by atoms with van der Waals surface area (Å²) in [5, 5.41) is 5.04. The number of nitrogens with one attached hydrogen (secondary N) is 2. The van der Waals surface area contributed by atoms with Gasteiger partial charge in [0, 0.05) is 39.6 Å². The highest BCUT2D eigenvalue weighted by atomic mass is 16.5. The third-order valence-corrected chi connectivity index (χ3v) is 6.50. The summed E-state index contributed by atoms with van der Waals surface area (Å²) in [6.45, 7) is 2.56. The van der Waals surface area contributed by atoms with Crippen molar-refractivity contribution in [1.29, 1.82) is 0 Å². The second-order valence-corrected chi connectivity index (χ2v) is 8.77. The second-order valence-electron chi connectivity index (χ2n) is 8.77. The van der Waals surface area contributed by atoms with E-state index in [1.807, 2.05) is 60.7 Å². The number of esters is 1. The number of H-pyrrole nitrogens is 1. The molecule has 1 amide bonds. The number of aromatic amines is 1. The van der Waals surface area contributed by atoms with Gasteiger partial charge in [-0.15, -0.1) is 0 Å². The van der Waals surface area contributed by atoms with Gasteiger partial charge in [-0.2, -0.15) is 0 Å². The second kappa shape index (κ2) is 9.28. The number of rotatable bonds is 6. The highest BCUT2D eigenvalue weighted by molar-refractivity contribution is 6.10. The van der Waals surface area contributed by atoms with E-state index in [0.29, 0.717) is 22.6 Å². The molecule has 0 aliphatic rings. The Labute approximate surface area is 212 Å². The van der Waals surface area contributed by atoms with Crippen LogP contribution in [0.3, 0.4) is 0 Å². The van der Waals surface area contributed by atoms with Gasteiger partial charge in [0.25, 0.3) is 5.91 Å². The van der Waals surface area contributed by atoms with Crippen LogP contribution in [-0.2, 0) is 16.1 Å². The van der Waals surface area contributed by atoms with E-state index in [0.717, 1.165) is 39.4 Å². The van der Waals surface area contributed by atoms with Crippen LogP contribution in [-0.4, -0.2) is 33.0 Å². The first-order chi connectivity index (χ1) is 18.1. The number of carbonyl (C=O) groups excluding carboxylic acids is 2. The van der Waals surface area contributed by atoms with Crippen LogP contribution in [0.25, 0.3) is 44.2 Å². The molecule has 7 nitrogen and oxygen atoms in total. The van der Waals surface area contributed by atoms with Crippen molar-refractivity contribution in [2.45, 2.75) is 13.5 Å². The Bertz CT molecular complexity index is 1760. The van der Waals surface area contributed by atoms with Crippen molar-refractivity contribution in [2.24, 2.45) is 0 Å². The third-order valence-electron chi connectivity index (χ3n) is 6.50. The van der Waals surface area contributed by atoms with Crippen LogP contribution in [0, 0.1) is 0 Å². The fraction of sp³-hybridized carbons (Fsp3) is 0.100. The maximum absolute atomic E-state index is 12.9. The summed E-state index contributed by atoms with van der Waals surface area (Å²) < 4.78 is 7.63. The maximum Gasteiger partial charge on any atom is 0.339 e. The minimum Gasteiger partial charge on any atom is -0.452 e. The van der Waals surface area contributed by atoms with Crippen molar-refractivity contribution < 1.29 is 14.3 Å². The van der Waals surface area contributed by atoms with Gasteiger partial charge < -0.3 is 19.6 Å². The normalized spacial score (nSPS) is 11.3. The van der Waals surface area contributed by atoms with Crippen molar-refractivity contribution in [1.82, 2.24) is 14.5 Å². The molecule has 0 bridgehead atoms. The van der Waals surface area contributed by atoms with Crippen molar-refractivity contribution in [3.63, 3.8) is 0 Å². The van der Waals surface area contributed by atoms with Gasteiger partial charge in [0.1, 0.15) is 5.82 Å². The number of carbonyl (C=O) groups is 2. The van der Waals surface area contributed by atoms with E-state index < -0.39 is 18.5 Å². The number of benzene rings is 4. The zero-order chi connectivity index (χ0) is 25.4. The summed E-state index contributed by atoms with van der Waals surface area (Å²) in [5.74, 6) is -0.432. The van der Waals surface area contributed by atoms with Gasteiger partial charge in [0.2, 0.25) is 0 Å². The number of amides is 1. The quantitative estimate of drug-likeness (QED) is 0.275. The number of ether oxygens (including phenoxy) is 1. The lowest BCUT2D eigenvalue weighted by Gasteiger charge is -2.09. The SMILES string of the molecule is CCn1c2ccccc2c2cc(NC(=O)COC(=O)c3ccccc3-c3nc4ccccc4[nH]3)ccc21. The molecule has 37 heavy (non-hydrogen) atoms. The maximum atomic E-state index is 12.9. The summed E-state index contributed by atoms with van der Waals surface area (Å²) >= 11 is 0. The zero-order valence-electron chi connectivity index (χ0n) is 20.2. The number of hydrogen-bond donors (Lipinski definition) is 2. The van der Waals surface area contributed by atoms with Crippen LogP contribution >= 0.6 is 0 Å². The summed E-state index contributed by atoms with van der Waals surface area (Å²) in [6, 6.07) is 28.7. The highest BCUT2D eigenvalue weighted by Crippen LogP contribution is 2.31. The molecular formula is C30H24N4O3. The van der Waals surface area contributed by atoms with Crippen molar-refractivity contribution in [3.05, 3.63) is 96.6 Å². The Morgan fingerprint density at radius 1 is 0.892 bits per heavy atom. The first kappa shape index (κ1) is 22.5. The number of hydrogen-bond acceptors (Lipinski definition) is 4. The fourth-order valence-corrected chi connectivity index (χ4v) is 4.83. The lowest BCUT2D eigenvalue weighted by Crippen LogP contribution is -2.21. The van der Waals surface area contributed by atoms with Crippen LogP contribution in [0.15, 0.2) is 91.0 Å². The number of aromatic nitrogens is 3. The Hall–Kier alpha value is -4.91. The Morgan fingerprint density at radius 2 is 1.65 bits per heavy atom. The number of fused-ring (bicyclic) bond motifs is 4. The number of imidazole rings is 1. The summed E-state index contributed by atoms with van der Waals surface area (Å²) in [5.41, 5.74) is 5.54. The van der Waals surface area contributed by atoms with E-state index in [1.54, 1.807) is 18.2 Å². The molecule has 4 aromatic carbocycles. The molecule has 0 saturated carbocycles. The number of para-hydroxylation sites is 3. The van der Waals surface area contributed by atoms with E-state index in [-0.39, 0.29) is 0 Å². The molecule has 182 valence electrons. The predicted octanol–water partition coefficient (Wildman–Crippen LogP) is 6.15. The average Bonchev–Trinajstić information content (AvgIpc) is 3.50. The topological polar surface area (TPSA) is 89.0 Å². The summed E-state index contributed by atoms with van der Waals surface area (Å²) in [4.78, 5) is 33.4. The van der Waals surface area contributed by atoms with Crippen molar-refractivity contribution >= 4 is 50.4 Å². The van der Waals surface area contributed by atoms with Crippen LogP contribution in [0.4, 0.5) is 5.69 Å². The van der Waals surface area contributed by atoms with Crippen LogP contribution in [0.2, 0.25) is 0 Å². The molecule has 0 unspecified atom stereocenters. The molecule has 2 heterocycles. The third kappa shape index (κ3) is 4.10. The number of aryl methyl sites for hydroxylation is 1. The van der Waals surface area contributed by atoms with Gasteiger partial charge in [-0.05, 0) is 49.4 Å². The Kier molecular flexibility index (Phi) is 5.65. The Morgan fingerprint density at radius 3 is 2.51 bits per heavy atom. The van der Waals surface area contributed by atoms with E-state index in [1.165, 1.54) is 0 Å². The van der Waals surface area contributed by atoms with Crippen molar-refractivity contribution in [2.75, 3.05) is 11.9 Å². The van der Waals surface area contributed by atoms with Gasteiger partial charge in [0.05, 0.1) is 16.6 Å². The molecule has 0 aliphatic carbocycles. The molecule has 0 spiro atoms. The first-order valence-corrected chi connectivity index (χ1v) is 12.1. The Balaban J connectivity index is 1.19. The molecule has 0 fully saturated rings. The molecule has 0 atom stereocenters. The summed E-state index contributed by atoms with van der Waals surface area (Å²) in [7, 11) is 0. The molecule has 0 radical (unpaired) electrons. The van der Waals surface area contributed by atoms with Crippen LogP contribution in [0.5, 0.6) is 0 Å². The highest BCUT2D eigenvalue weighted by Gasteiger charge is 2.18. The largest absolute Gasteiger partial charge is 0.452 e. The molecule has 6 aromatic rings. The standard InChI is InChI=1S/C30H24N4O3/c1-2-34-26-14-8-5-9-20(26)23-17-19(15-16-27(23)34)31-28(35)18-37-30(36)22-11-4-3-10-21(22)29-32-24-12-6-7-13-25(24)33-29/h3-17H,2,18H2,1H3,(H,31,35)(H,32,33). The van der Waals surface area contributed by atoms with Gasteiger partial charge in [-0.25, -0.2) is 9.78 Å². The monoisotopic (exact) mass is 488 g/mol. The van der Waals surface area contributed by atoms with E-state index >= 15 is 0 Å². The van der Waals surface area contributed by atoms with Crippen LogP contribution < -0.4 is 5.32 Å². The minimum atomic E-state index is -0.590. The molecular weight excluding hydrogens is 464 g/mol. The van der Waals surface area contributed by atoms with Gasteiger partial charge >= 0.3 is 5.97 Å². The van der Waals surface area contributed by atoms with E-state index in [4.69, 9.17) is 4.74 Å². The molecule has 0 saturated heterocycles. The molecule has 2 N–H and O–H groups in total. The zero-order valence-corrected chi connectivity index (χ0v) is 20.2. The molecule has 6 rings (SSSR count). The predicted molar refractivity (Wildman–Crippen MR) is 146 cm³/mol. The molecule has 0 aliphatic heterocycles. The fourth-order valence-electron chi connectivity index (χ4n) is 4.83. The minimum absolute atomic E-state index is 0.336. The smallest absolute Gasteiger partial charge is 0.339 e. The summed E-state index contributed by atoms with van der Waals surface area (Å²) in [6.07, 6.45) is 0. The van der Waals surface area contributed by atoms with E-state index in [2.05, 4.69) is 38.9 Å². The van der Waals surface area contributed by atoms with Gasteiger partial charge in [-0.1, -0.05) is 48.5 Å². The molecule has 7 heteroatoms. The van der Waals surface area contributed by atoms with E-state index in [9.17, 15) is 9.59 Å². The van der Waals surface area contributed by atoms with Gasteiger partial charge in [0.15, 0.2) is 6.61 Å². The van der Waals surface area contributed by atoms with Gasteiger partial charge in [-0.3, -0.25) is 4.79 Å². The average molecular weight is 489 g/mol.